The zero-order valence-electron chi connectivity index (χ0n) is 12.2. The number of thiazole rings is 1. The summed E-state index contributed by atoms with van der Waals surface area (Å²) in [5, 5.41) is 1.28. The summed E-state index contributed by atoms with van der Waals surface area (Å²) in [6.45, 7) is 2.79. The summed E-state index contributed by atoms with van der Waals surface area (Å²) in [6, 6.07) is 5.40. The molecule has 2 aromatic rings. The van der Waals surface area contributed by atoms with Crippen molar-refractivity contribution >= 4 is 34.5 Å². The first-order chi connectivity index (χ1) is 10.6. The van der Waals surface area contributed by atoms with Crippen LogP contribution < -0.4 is 9.64 Å². The Hall–Kier alpha value is -1.63. The van der Waals surface area contributed by atoms with Gasteiger partial charge in [-0.1, -0.05) is 17.7 Å². The van der Waals surface area contributed by atoms with Crippen LogP contribution in [0, 0.1) is 0 Å². The fraction of sp³-hybridized carbons (Fsp3) is 0.333. The summed E-state index contributed by atoms with van der Waals surface area (Å²) >= 11 is 7.52. The lowest BCUT2D eigenvalue weighted by Gasteiger charge is -2.33. The van der Waals surface area contributed by atoms with E-state index in [0.29, 0.717) is 34.5 Å². The topological polar surface area (TPSA) is 51.7 Å². The van der Waals surface area contributed by atoms with Gasteiger partial charge in [0, 0.05) is 7.11 Å². The number of benzene rings is 1. The smallest absolute Gasteiger partial charge is 0.270 e. The normalized spacial score (nSPS) is 17.0. The van der Waals surface area contributed by atoms with Crippen LogP contribution in [0.1, 0.15) is 21.6 Å². The number of ether oxygens (including phenoxy) is 2. The van der Waals surface area contributed by atoms with Gasteiger partial charge in [-0.05, 0) is 19.1 Å². The number of hydrogen-bond acceptors (Lipinski definition) is 5. The molecule has 2 heterocycles. The number of rotatable bonds is 3. The second-order valence-corrected chi connectivity index (χ2v) is 6.51. The van der Waals surface area contributed by atoms with Crippen molar-refractivity contribution in [1.29, 1.82) is 0 Å². The molecule has 0 unspecified atom stereocenters. The summed E-state index contributed by atoms with van der Waals surface area (Å²) in [4.78, 5) is 19.3. The molecule has 0 saturated carbocycles. The molecule has 0 radical (unpaired) electrons. The minimum absolute atomic E-state index is 0.0986. The molecule has 0 spiro atoms. The molecule has 0 N–H and O–H groups in total. The van der Waals surface area contributed by atoms with E-state index in [-0.39, 0.29) is 12.0 Å². The van der Waals surface area contributed by atoms with E-state index in [4.69, 9.17) is 21.1 Å². The number of hydrogen-bond donors (Lipinski definition) is 0. The Balaban J connectivity index is 1.94. The number of methoxy groups -OCH3 is 1. The highest BCUT2D eigenvalue weighted by Crippen LogP contribution is 2.40. The van der Waals surface area contributed by atoms with E-state index in [1.54, 1.807) is 24.3 Å². The number of nitrogens with zero attached hydrogens (tertiary/aromatic N) is 2. The maximum atomic E-state index is 12.8. The Morgan fingerprint density at radius 3 is 3.18 bits per heavy atom. The molecule has 116 valence electrons. The standard InChI is InChI=1S/C15H15ClN2O3S/c1-9-7-18(11-5-3-4-10(16)14(11)21-9)15(19)12-6-17-13(22-12)8-20-2/h3-6,9H,7-8H2,1-2H3/t9-/m1/s1. The van der Waals surface area contributed by atoms with Crippen LogP contribution in [0.15, 0.2) is 24.4 Å². The molecule has 0 fully saturated rings. The predicted octanol–water partition coefficient (Wildman–Crippen LogP) is 3.37. The van der Waals surface area contributed by atoms with Gasteiger partial charge in [0.2, 0.25) is 0 Å². The summed E-state index contributed by atoms with van der Waals surface area (Å²) in [5.74, 6) is 0.455. The third-order valence-corrected chi connectivity index (χ3v) is 4.53. The predicted molar refractivity (Wildman–Crippen MR) is 86.0 cm³/mol. The molecule has 1 amide bonds. The molecule has 7 heteroatoms. The largest absolute Gasteiger partial charge is 0.485 e. The minimum Gasteiger partial charge on any atom is -0.485 e. The van der Waals surface area contributed by atoms with Crippen molar-refractivity contribution in [2.75, 3.05) is 18.6 Å². The molecule has 1 atom stereocenters. The monoisotopic (exact) mass is 338 g/mol. The van der Waals surface area contributed by atoms with E-state index < -0.39 is 0 Å². The fourth-order valence-electron chi connectivity index (χ4n) is 2.35. The minimum atomic E-state index is -0.122. The van der Waals surface area contributed by atoms with Crippen molar-refractivity contribution in [3.63, 3.8) is 0 Å². The quantitative estimate of drug-likeness (QED) is 0.861. The van der Waals surface area contributed by atoms with Crippen LogP contribution in [0.5, 0.6) is 5.75 Å². The maximum absolute atomic E-state index is 12.8. The lowest BCUT2D eigenvalue weighted by Crippen LogP contribution is -2.42. The second-order valence-electron chi connectivity index (χ2n) is 4.98. The van der Waals surface area contributed by atoms with Crippen molar-refractivity contribution in [2.45, 2.75) is 19.6 Å². The lowest BCUT2D eigenvalue weighted by molar-refractivity contribution is 0.0965. The second kappa shape index (κ2) is 6.24. The van der Waals surface area contributed by atoms with Crippen LogP contribution in [0.25, 0.3) is 0 Å². The highest BCUT2D eigenvalue weighted by atomic mass is 35.5. The molecule has 5 nitrogen and oxygen atoms in total. The van der Waals surface area contributed by atoms with Crippen LogP contribution in [-0.2, 0) is 11.3 Å². The van der Waals surface area contributed by atoms with Gasteiger partial charge in [0.15, 0.2) is 5.75 Å². The number of amides is 1. The van der Waals surface area contributed by atoms with Gasteiger partial charge in [-0.25, -0.2) is 4.98 Å². The first-order valence-electron chi connectivity index (χ1n) is 6.81. The van der Waals surface area contributed by atoms with Crippen LogP contribution in [0.3, 0.4) is 0 Å². The lowest BCUT2D eigenvalue weighted by atomic mass is 10.2. The number of carbonyl (C=O) groups is 1. The van der Waals surface area contributed by atoms with Crippen LogP contribution in [-0.4, -0.2) is 30.6 Å². The summed E-state index contributed by atoms with van der Waals surface area (Å²) < 4.78 is 10.8. The summed E-state index contributed by atoms with van der Waals surface area (Å²) in [6.07, 6.45) is 1.47. The first kappa shape index (κ1) is 15.3. The van der Waals surface area contributed by atoms with E-state index in [9.17, 15) is 4.79 Å². The Labute approximate surface area is 137 Å². The third-order valence-electron chi connectivity index (χ3n) is 3.27. The van der Waals surface area contributed by atoms with Gasteiger partial charge in [-0.2, -0.15) is 0 Å². The molecule has 0 aliphatic carbocycles. The third kappa shape index (κ3) is 2.82. The summed E-state index contributed by atoms with van der Waals surface area (Å²) in [7, 11) is 1.60. The molecule has 1 aromatic carbocycles. The van der Waals surface area contributed by atoms with Gasteiger partial charge < -0.3 is 14.4 Å². The molecule has 1 aliphatic heterocycles. The number of aromatic nitrogens is 1. The number of para-hydroxylation sites is 1. The molecule has 1 aromatic heterocycles. The van der Waals surface area contributed by atoms with Gasteiger partial charge in [0.05, 0.1) is 30.1 Å². The fourth-order valence-corrected chi connectivity index (χ4v) is 3.40. The van der Waals surface area contributed by atoms with Gasteiger partial charge in [0.25, 0.3) is 5.91 Å². The van der Waals surface area contributed by atoms with Gasteiger partial charge in [0.1, 0.15) is 16.0 Å². The number of halogens is 1. The van der Waals surface area contributed by atoms with Crippen molar-refractivity contribution in [3.05, 3.63) is 39.3 Å². The van der Waals surface area contributed by atoms with Crippen molar-refractivity contribution < 1.29 is 14.3 Å². The van der Waals surface area contributed by atoms with Gasteiger partial charge in [-0.15, -0.1) is 11.3 Å². The zero-order valence-corrected chi connectivity index (χ0v) is 13.8. The summed E-state index contributed by atoms with van der Waals surface area (Å²) in [5.41, 5.74) is 0.692. The number of anilines is 1. The van der Waals surface area contributed by atoms with E-state index in [1.165, 1.54) is 11.3 Å². The first-order valence-corrected chi connectivity index (χ1v) is 8.00. The highest BCUT2D eigenvalue weighted by molar-refractivity contribution is 7.13. The molecule has 0 saturated heterocycles. The maximum Gasteiger partial charge on any atom is 0.270 e. The molecular weight excluding hydrogens is 324 g/mol. The van der Waals surface area contributed by atoms with Crippen molar-refractivity contribution in [3.8, 4) is 5.75 Å². The number of fused-ring (bicyclic) bond motifs is 1. The van der Waals surface area contributed by atoms with Crippen molar-refractivity contribution in [1.82, 2.24) is 4.98 Å². The molecule has 3 rings (SSSR count). The van der Waals surface area contributed by atoms with E-state index in [0.717, 1.165) is 5.01 Å². The zero-order chi connectivity index (χ0) is 15.7. The van der Waals surface area contributed by atoms with Crippen LogP contribution in [0.2, 0.25) is 5.02 Å². The molecule has 1 aliphatic rings. The Kier molecular flexibility index (Phi) is 4.33. The van der Waals surface area contributed by atoms with Gasteiger partial charge in [-0.3, -0.25) is 4.79 Å². The molecular formula is C15H15ClN2O3S. The molecule has 22 heavy (non-hydrogen) atoms. The Bertz CT molecular complexity index is 704. The highest BCUT2D eigenvalue weighted by Gasteiger charge is 2.30. The van der Waals surface area contributed by atoms with E-state index in [1.807, 2.05) is 19.1 Å². The van der Waals surface area contributed by atoms with Crippen LogP contribution >= 0.6 is 22.9 Å². The number of carbonyl (C=O) groups excluding carboxylic acids is 1. The van der Waals surface area contributed by atoms with E-state index >= 15 is 0 Å². The van der Waals surface area contributed by atoms with Gasteiger partial charge >= 0.3 is 0 Å². The van der Waals surface area contributed by atoms with E-state index in [2.05, 4.69) is 4.98 Å². The Morgan fingerprint density at radius 2 is 2.41 bits per heavy atom. The van der Waals surface area contributed by atoms with Crippen molar-refractivity contribution in [2.24, 2.45) is 0 Å². The van der Waals surface area contributed by atoms with Crippen LogP contribution in [0.4, 0.5) is 5.69 Å². The average molecular weight is 339 g/mol. The Morgan fingerprint density at radius 1 is 1.59 bits per heavy atom. The SMILES string of the molecule is COCc1ncc(C(=O)N2C[C@@H](C)Oc3c(Cl)cccc32)s1. The molecule has 0 bridgehead atoms. The average Bonchev–Trinajstić information content (AvgIpc) is 2.96.